The van der Waals surface area contributed by atoms with E-state index in [1.54, 1.807) is 0 Å². The van der Waals surface area contributed by atoms with Gasteiger partial charge in [-0.2, -0.15) is 0 Å². The predicted octanol–water partition coefficient (Wildman–Crippen LogP) is 3.43. The van der Waals surface area contributed by atoms with Crippen molar-refractivity contribution in [2.24, 2.45) is 0 Å². The highest BCUT2D eigenvalue weighted by Crippen LogP contribution is 2.20. The molecule has 0 amide bonds. The van der Waals surface area contributed by atoms with E-state index in [1.165, 1.54) is 16.3 Å². The molecule has 2 aromatic rings. The SMILES string of the molecule is CC(O)CN(Cc1cccc2ccccc12)C(C)C. The van der Waals surface area contributed by atoms with Crippen LogP contribution >= 0.6 is 0 Å². The Balaban J connectivity index is 2.28. The molecule has 0 aliphatic heterocycles. The molecule has 2 nitrogen and oxygen atoms in total. The predicted molar refractivity (Wildman–Crippen MR) is 81.2 cm³/mol. The first-order valence-electron chi connectivity index (χ1n) is 6.96. The molecule has 0 spiro atoms. The van der Waals surface area contributed by atoms with E-state index in [1.807, 2.05) is 6.92 Å². The molecule has 2 heteroatoms. The number of rotatable bonds is 5. The van der Waals surface area contributed by atoms with E-state index in [-0.39, 0.29) is 6.10 Å². The quantitative estimate of drug-likeness (QED) is 0.887. The maximum atomic E-state index is 9.62. The molecule has 1 unspecified atom stereocenters. The Morgan fingerprint density at radius 1 is 1.00 bits per heavy atom. The van der Waals surface area contributed by atoms with Crippen LogP contribution in [0, 0.1) is 0 Å². The van der Waals surface area contributed by atoms with Gasteiger partial charge < -0.3 is 5.11 Å². The van der Waals surface area contributed by atoms with Crippen LogP contribution in [0.15, 0.2) is 42.5 Å². The molecule has 0 saturated heterocycles. The van der Waals surface area contributed by atoms with E-state index < -0.39 is 0 Å². The first kappa shape index (κ1) is 14.0. The Labute approximate surface area is 115 Å². The zero-order valence-electron chi connectivity index (χ0n) is 12.0. The van der Waals surface area contributed by atoms with Crippen LogP contribution in [0.4, 0.5) is 0 Å². The van der Waals surface area contributed by atoms with E-state index in [2.05, 4.69) is 61.2 Å². The topological polar surface area (TPSA) is 23.5 Å². The summed E-state index contributed by atoms with van der Waals surface area (Å²) >= 11 is 0. The molecule has 102 valence electrons. The second kappa shape index (κ2) is 6.18. The van der Waals surface area contributed by atoms with Gasteiger partial charge in [-0.1, -0.05) is 42.5 Å². The average molecular weight is 257 g/mol. The zero-order chi connectivity index (χ0) is 13.8. The standard InChI is InChI=1S/C17H23NO/c1-13(2)18(11-14(3)19)12-16-9-6-8-15-7-4-5-10-17(15)16/h4-10,13-14,19H,11-12H2,1-3H3. The van der Waals surface area contributed by atoms with Gasteiger partial charge in [0.1, 0.15) is 0 Å². The van der Waals surface area contributed by atoms with Crippen molar-refractivity contribution in [1.82, 2.24) is 4.90 Å². The summed E-state index contributed by atoms with van der Waals surface area (Å²) in [7, 11) is 0. The highest BCUT2D eigenvalue weighted by atomic mass is 16.3. The van der Waals surface area contributed by atoms with E-state index in [0.717, 1.165) is 6.54 Å². The molecule has 2 rings (SSSR count). The molecular formula is C17H23NO. The first-order valence-corrected chi connectivity index (χ1v) is 6.96. The van der Waals surface area contributed by atoms with E-state index in [9.17, 15) is 5.11 Å². The number of hydrogen-bond acceptors (Lipinski definition) is 2. The molecule has 0 fully saturated rings. The van der Waals surface area contributed by atoms with Crippen molar-refractivity contribution in [3.63, 3.8) is 0 Å². The Kier molecular flexibility index (Phi) is 4.56. The molecule has 0 aliphatic rings. The van der Waals surface area contributed by atoms with Crippen molar-refractivity contribution < 1.29 is 5.11 Å². The summed E-state index contributed by atoms with van der Waals surface area (Å²) in [5.41, 5.74) is 1.33. The van der Waals surface area contributed by atoms with Crippen LogP contribution in [0.3, 0.4) is 0 Å². The molecule has 2 aromatic carbocycles. The molecule has 0 heterocycles. The van der Waals surface area contributed by atoms with E-state index in [4.69, 9.17) is 0 Å². The van der Waals surface area contributed by atoms with Crippen LogP contribution in [-0.4, -0.2) is 28.7 Å². The van der Waals surface area contributed by atoms with Crippen molar-refractivity contribution in [3.8, 4) is 0 Å². The maximum Gasteiger partial charge on any atom is 0.0639 e. The Morgan fingerprint density at radius 2 is 1.68 bits per heavy atom. The normalized spacial score (nSPS) is 13.4. The van der Waals surface area contributed by atoms with Gasteiger partial charge >= 0.3 is 0 Å². The van der Waals surface area contributed by atoms with Crippen LogP contribution < -0.4 is 0 Å². The summed E-state index contributed by atoms with van der Waals surface area (Å²) < 4.78 is 0. The fourth-order valence-corrected chi connectivity index (χ4v) is 2.45. The van der Waals surface area contributed by atoms with Gasteiger partial charge in [-0.25, -0.2) is 0 Å². The summed E-state index contributed by atoms with van der Waals surface area (Å²) in [6.07, 6.45) is -0.294. The van der Waals surface area contributed by atoms with Crippen LogP contribution in [0.5, 0.6) is 0 Å². The summed E-state index contributed by atoms with van der Waals surface area (Å²) in [5, 5.41) is 12.2. The van der Waals surface area contributed by atoms with Crippen LogP contribution in [-0.2, 0) is 6.54 Å². The fourth-order valence-electron chi connectivity index (χ4n) is 2.45. The summed E-state index contributed by atoms with van der Waals surface area (Å²) in [4.78, 5) is 2.31. The highest BCUT2D eigenvalue weighted by molar-refractivity contribution is 5.85. The highest BCUT2D eigenvalue weighted by Gasteiger charge is 2.13. The first-order chi connectivity index (χ1) is 9.08. The molecule has 1 N–H and O–H groups in total. The number of fused-ring (bicyclic) bond motifs is 1. The third-order valence-corrected chi connectivity index (χ3v) is 3.48. The van der Waals surface area contributed by atoms with Gasteiger partial charge in [-0.05, 0) is 37.1 Å². The summed E-state index contributed by atoms with van der Waals surface area (Å²) in [6, 6.07) is 15.3. The maximum absolute atomic E-state index is 9.62. The molecule has 0 bridgehead atoms. The Bertz CT molecular complexity index is 528. The van der Waals surface area contributed by atoms with E-state index in [0.29, 0.717) is 12.6 Å². The smallest absolute Gasteiger partial charge is 0.0639 e. The van der Waals surface area contributed by atoms with Gasteiger partial charge in [0.2, 0.25) is 0 Å². The van der Waals surface area contributed by atoms with Gasteiger partial charge in [-0.3, -0.25) is 4.90 Å². The molecule has 0 aliphatic carbocycles. The second-order valence-electron chi connectivity index (χ2n) is 5.51. The monoisotopic (exact) mass is 257 g/mol. The molecular weight excluding hydrogens is 234 g/mol. The lowest BCUT2D eigenvalue weighted by Gasteiger charge is -2.28. The van der Waals surface area contributed by atoms with Crippen molar-refractivity contribution in [2.45, 2.75) is 39.5 Å². The minimum atomic E-state index is -0.294. The summed E-state index contributed by atoms with van der Waals surface area (Å²) in [5.74, 6) is 0. The number of hydrogen-bond donors (Lipinski definition) is 1. The Morgan fingerprint density at radius 3 is 2.37 bits per heavy atom. The molecule has 0 saturated carbocycles. The summed E-state index contributed by atoms with van der Waals surface area (Å²) in [6.45, 7) is 7.78. The number of benzene rings is 2. The van der Waals surface area contributed by atoms with Crippen LogP contribution in [0.1, 0.15) is 26.3 Å². The largest absolute Gasteiger partial charge is 0.392 e. The number of nitrogens with zero attached hydrogens (tertiary/aromatic N) is 1. The molecule has 1 atom stereocenters. The van der Waals surface area contributed by atoms with Crippen molar-refractivity contribution in [3.05, 3.63) is 48.0 Å². The molecule has 19 heavy (non-hydrogen) atoms. The number of aliphatic hydroxyl groups is 1. The van der Waals surface area contributed by atoms with Crippen LogP contribution in [0.25, 0.3) is 10.8 Å². The van der Waals surface area contributed by atoms with Crippen molar-refractivity contribution in [1.29, 1.82) is 0 Å². The van der Waals surface area contributed by atoms with E-state index >= 15 is 0 Å². The average Bonchev–Trinajstić information content (AvgIpc) is 2.37. The lowest BCUT2D eigenvalue weighted by Crippen LogP contribution is -2.36. The third kappa shape index (κ3) is 3.55. The lowest BCUT2D eigenvalue weighted by atomic mass is 10.0. The Hall–Kier alpha value is -1.38. The minimum absolute atomic E-state index is 0.294. The third-order valence-electron chi connectivity index (χ3n) is 3.48. The van der Waals surface area contributed by atoms with Gasteiger partial charge in [0.25, 0.3) is 0 Å². The minimum Gasteiger partial charge on any atom is -0.392 e. The number of aliphatic hydroxyl groups excluding tert-OH is 1. The lowest BCUT2D eigenvalue weighted by molar-refractivity contribution is 0.103. The molecule has 0 radical (unpaired) electrons. The molecule has 0 aromatic heterocycles. The van der Waals surface area contributed by atoms with Crippen LogP contribution in [0.2, 0.25) is 0 Å². The zero-order valence-corrected chi connectivity index (χ0v) is 12.0. The van der Waals surface area contributed by atoms with Crippen molar-refractivity contribution in [2.75, 3.05) is 6.54 Å². The second-order valence-corrected chi connectivity index (χ2v) is 5.51. The van der Waals surface area contributed by atoms with Crippen molar-refractivity contribution >= 4 is 10.8 Å². The van der Waals surface area contributed by atoms with Gasteiger partial charge in [0.15, 0.2) is 0 Å². The van der Waals surface area contributed by atoms with Gasteiger partial charge in [0.05, 0.1) is 6.10 Å². The van der Waals surface area contributed by atoms with Gasteiger partial charge in [0, 0.05) is 19.1 Å². The van der Waals surface area contributed by atoms with Gasteiger partial charge in [-0.15, -0.1) is 0 Å². The fraction of sp³-hybridized carbons (Fsp3) is 0.412.